The quantitative estimate of drug-likeness (QED) is 0.775. The third-order valence-electron chi connectivity index (χ3n) is 5.81. The summed E-state index contributed by atoms with van der Waals surface area (Å²) in [5.74, 6) is -0.894. The number of alkyl halides is 3. The molecule has 1 saturated carbocycles. The first-order valence-corrected chi connectivity index (χ1v) is 10.0. The molecule has 2 atom stereocenters. The van der Waals surface area contributed by atoms with Gasteiger partial charge in [-0.3, -0.25) is 9.69 Å². The first kappa shape index (κ1) is 22.3. The summed E-state index contributed by atoms with van der Waals surface area (Å²) in [6, 6.07) is 4.97. The summed E-state index contributed by atoms with van der Waals surface area (Å²) < 4.78 is 37.1. The molecule has 10 heteroatoms. The fourth-order valence-corrected chi connectivity index (χ4v) is 4.20. The van der Waals surface area contributed by atoms with E-state index in [1.165, 1.54) is 12.8 Å². The standard InChI is InChI=1S/C18H25N3O2.C2HF3O2/c1-23-18-14(3-2-9-19-18)12-20-10-8-16-15(20)6-7-17(22)21(16)11-13-4-5-13;3-2(4,5)1(6)7/h2-3,9,13,15-16H,4-8,10-12H2,1H3;(H,6,7)/t15-,16-;/m0./s1. The zero-order valence-corrected chi connectivity index (χ0v) is 16.8. The van der Waals surface area contributed by atoms with E-state index in [1.807, 2.05) is 6.07 Å². The molecule has 1 aromatic heterocycles. The van der Waals surface area contributed by atoms with Gasteiger partial charge in [-0.25, -0.2) is 9.78 Å². The van der Waals surface area contributed by atoms with Crippen LogP contribution in [0.5, 0.6) is 5.88 Å². The first-order valence-electron chi connectivity index (χ1n) is 10.0. The van der Waals surface area contributed by atoms with E-state index in [1.54, 1.807) is 13.3 Å². The van der Waals surface area contributed by atoms with Crippen molar-refractivity contribution in [2.45, 2.75) is 56.9 Å². The molecule has 7 nitrogen and oxygen atoms in total. The van der Waals surface area contributed by atoms with Crippen LogP contribution in [0.25, 0.3) is 0 Å². The van der Waals surface area contributed by atoms with Gasteiger partial charge in [-0.1, -0.05) is 6.07 Å². The highest BCUT2D eigenvalue weighted by Gasteiger charge is 2.44. The van der Waals surface area contributed by atoms with Crippen molar-refractivity contribution >= 4 is 11.9 Å². The van der Waals surface area contributed by atoms with Crippen molar-refractivity contribution in [2.75, 3.05) is 20.2 Å². The van der Waals surface area contributed by atoms with E-state index in [2.05, 4.69) is 20.9 Å². The number of likely N-dealkylation sites (tertiary alicyclic amines) is 2. The summed E-state index contributed by atoms with van der Waals surface area (Å²) >= 11 is 0. The number of carbonyl (C=O) groups is 2. The number of rotatable bonds is 5. The second-order valence-corrected chi connectivity index (χ2v) is 7.90. The van der Waals surface area contributed by atoms with E-state index in [-0.39, 0.29) is 0 Å². The highest BCUT2D eigenvalue weighted by atomic mass is 19.4. The number of fused-ring (bicyclic) bond motifs is 1. The molecule has 0 aromatic carbocycles. The number of piperidine rings is 1. The Kier molecular flexibility index (Phi) is 6.84. The zero-order valence-electron chi connectivity index (χ0n) is 16.8. The molecule has 3 aliphatic rings. The van der Waals surface area contributed by atoms with Gasteiger partial charge in [0.25, 0.3) is 0 Å². The number of amides is 1. The monoisotopic (exact) mass is 429 g/mol. The van der Waals surface area contributed by atoms with Gasteiger partial charge >= 0.3 is 12.1 Å². The van der Waals surface area contributed by atoms with Gasteiger partial charge in [-0.15, -0.1) is 0 Å². The third-order valence-corrected chi connectivity index (χ3v) is 5.81. The molecule has 3 heterocycles. The number of carboxylic acids is 1. The second-order valence-electron chi connectivity index (χ2n) is 7.90. The molecule has 0 radical (unpaired) electrons. The SMILES string of the molecule is COc1ncccc1CN1CC[C@H]2[C@@H]1CCC(=O)N2CC1CC1.O=C(O)C(F)(F)F. The molecule has 1 amide bonds. The number of aliphatic carboxylic acids is 1. The number of hydrogen-bond acceptors (Lipinski definition) is 5. The predicted molar refractivity (Wildman–Crippen MR) is 101 cm³/mol. The average molecular weight is 429 g/mol. The van der Waals surface area contributed by atoms with Crippen LogP contribution >= 0.6 is 0 Å². The van der Waals surface area contributed by atoms with Crippen LogP contribution in [-0.2, 0) is 16.1 Å². The van der Waals surface area contributed by atoms with Gasteiger partial charge in [0.1, 0.15) is 0 Å². The number of halogens is 3. The Balaban J connectivity index is 0.000000318. The largest absolute Gasteiger partial charge is 0.490 e. The van der Waals surface area contributed by atoms with Gasteiger partial charge in [-0.2, -0.15) is 13.2 Å². The lowest BCUT2D eigenvalue weighted by Crippen LogP contribution is -2.52. The zero-order chi connectivity index (χ0) is 21.9. The fraction of sp³-hybridized carbons (Fsp3) is 0.650. The molecule has 0 unspecified atom stereocenters. The molecule has 2 saturated heterocycles. The highest BCUT2D eigenvalue weighted by Crippen LogP contribution is 2.37. The van der Waals surface area contributed by atoms with Gasteiger partial charge in [0.15, 0.2) is 0 Å². The fourth-order valence-electron chi connectivity index (χ4n) is 4.20. The molecule has 0 bridgehead atoms. The van der Waals surface area contributed by atoms with Crippen molar-refractivity contribution in [1.82, 2.24) is 14.8 Å². The Hall–Kier alpha value is -2.36. The Morgan fingerprint density at radius 2 is 1.97 bits per heavy atom. The van der Waals surface area contributed by atoms with Gasteiger partial charge in [0.05, 0.1) is 7.11 Å². The Morgan fingerprint density at radius 1 is 1.27 bits per heavy atom. The van der Waals surface area contributed by atoms with Crippen molar-refractivity contribution in [3.8, 4) is 5.88 Å². The lowest BCUT2D eigenvalue weighted by atomic mass is 9.95. The molecule has 1 N–H and O–H groups in total. The maximum absolute atomic E-state index is 12.3. The topological polar surface area (TPSA) is 83.0 Å². The van der Waals surface area contributed by atoms with Crippen LogP contribution in [0.4, 0.5) is 13.2 Å². The number of carboxylic acid groups (broad SMARTS) is 1. The second kappa shape index (κ2) is 9.20. The summed E-state index contributed by atoms with van der Waals surface area (Å²) in [5, 5.41) is 7.12. The number of aromatic nitrogens is 1. The molecule has 1 aromatic rings. The number of ether oxygens (including phenoxy) is 1. The summed E-state index contributed by atoms with van der Waals surface area (Å²) in [4.78, 5) is 30.3. The van der Waals surface area contributed by atoms with Crippen molar-refractivity contribution in [2.24, 2.45) is 5.92 Å². The van der Waals surface area contributed by atoms with Crippen molar-refractivity contribution in [3.05, 3.63) is 23.9 Å². The van der Waals surface area contributed by atoms with Gasteiger partial charge in [0.2, 0.25) is 11.8 Å². The molecule has 4 rings (SSSR count). The molecule has 166 valence electrons. The highest BCUT2D eigenvalue weighted by molar-refractivity contribution is 5.77. The molecular weight excluding hydrogens is 403 g/mol. The summed E-state index contributed by atoms with van der Waals surface area (Å²) in [5.41, 5.74) is 1.14. The van der Waals surface area contributed by atoms with E-state index in [9.17, 15) is 18.0 Å². The maximum atomic E-state index is 12.3. The van der Waals surface area contributed by atoms with Crippen LogP contribution in [0.1, 0.15) is 37.7 Å². The third kappa shape index (κ3) is 5.41. The van der Waals surface area contributed by atoms with Crippen LogP contribution < -0.4 is 4.74 Å². The van der Waals surface area contributed by atoms with Gasteiger partial charge in [-0.05, 0) is 37.7 Å². The van der Waals surface area contributed by atoms with Crippen LogP contribution in [-0.4, -0.2) is 70.2 Å². The van der Waals surface area contributed by atoms with Gasteiger partial charge < -0.3 is 14.7 Å². The minimum Gasteiger partial charge on any atom is -0.481 e. The lowest BCUT2D eigenvalue weighted by molar-refractivity contribution is -0.192. The van der Waals surface area contributed by atoms with Crippen LogP contribution in [0.15, 0.2) is 18.3 Å². The molecule has 30 heavy (non-hydrogen) atoms. The predicted octanol–water partition coefficient (Wildman–Crippen LogP) is 2.70. The summed E-state index contributed by atoms with van der Waals surface area (Å²) in [7, 11) is 1.68. The average Bonchev–Trinajstić information content (AvgIpc) is 3.43. The molecule has 3 fully saturated rings. The minimum atomic E-state index is -5.08. The Bertz CT molecular complexity index is 770. The normalized spacial score (nSPS) is 24.1. The molecule has 0 spiro atoms. The Labute approximate surface area is 172 Å². The Morgan fingerprint density at radius 3 is 2.57 bits per heavy atom. The van der Waals surface area contributed by atoms with E-state index in [0.29, 0.717) is 24.4 Å². The van der Waals surface area contributed by atoms with E-state index >= 15 is 0 Å². The van der Waals surface area contributed by atoms with Crippen LogP contribution in [0.2, 0.25) is 0 Å². The van der Waals surface area contributed by atoms with Crippen molar-refractivity contribution < 1.29 is 32.6 Å². The van der Waals surface area contributed by atoms with E-state index in [0.717, 1.165) is 49.8 Å². The minimum absolute atomic E-state index is 0.374. The molecule has 1 aliphatic carbocycles. The van der Waals surface area contributed by atoms with E-state index in [4.69, 9.17) is 14.6 Å². The number of hydrogen-bond donors (Lipinski definition) is 1. The number of carbonyl (C=O) groups excluding carboxylic acids is 1. The maximum Gasteiger partial charge on any atom is 0.490 e. The van der Waals surface area contributed by atoms with Crippen molar-refractivity contribution in [3.63, 3.8) is 0 Å². The smallest absolute Gasteiger partial charge is 0.481 e. The molecule has 2 aliphatic heterocycles. The summed E-state index contributed by atoms with van der Waals surface area (Å²) in [6.07, 6.45) is 2.09. The van der Waals surface area contributed by atoms with Crippen LogP contribution in [0, 0.1) is 5.92 Å². The number of methoxy groups -OCH3 is 1. The number of pyridine rings is 1. The van der Waals surface area contributed by atoms with E-state index < -0.39 is 12.1 Å². The van der Waals surface area contributed by atoms with Crippen molar-refractivity contribution in [1.29, 1.82) is 0 Å². The molecular formula is C20H26F3N3O4. The van der Waals surface area contributed by atoms with Gasteiger partial charge in [0, 0.05) is 49.9 Å². The number of nitrogens with zero attached hydrogens (tertiary/aromatic N) is 3. The van der Waals surface area contributed by atoms with Crippen LogP contribution in [0.3, 0.4) is 0 Å². The summed E-state index contributed by atoms with van der Waals surface area (Å²) in [6.45, 7) is 2.91. The first-order chi connectivity index (χ1) is 14.2. The lowest BCUT2D eigenvalue weighted by Gasteiger charge is -2.40.